The average molecular weight is 308 g/mol. The van der Waals surface area contributed by atoms with Gasteiger partial charge in [-0.25, -0.2) is 4.98 Å². The molecule has 3 rings (SSSR count). The number of aryl methyl sites for hydroxylation is 4. The number of nitrogens with one attached hydrogen (secondary N) is 1. The van der Waals surface area contributed by atoms with Crippen molar-refractivity contribution in [3.63, 3.8) is 0 Å². The van der Waals surface area contributed by atoms with Crippen LogP contribution in [0.2, 0.25) is 0 Å². The minimum absolute atomic E-state index is 0.0998. The highest BCUT2D eigenvalue weighted by atomic mass is 16.1. The molecule has 0 aliphatic heterocycles. The number of amides is 1. The Morgan fingerprint density at radius 1 is 1.17 bits per heavy atom. The van der Waals surface area contributed by atoms with Crippen LogP contribution >= 0.6 is 0 Å². The Hall–Kier alpha value is -2.69. The number of carbonyl (C=O) groups is 1. The van der Waals surface area contributed by atoms with Crippen molar-refractivity contribution >= 4 is 16.9 Å². The fraction of sp³-hybridized carbons (Fsp3) is 0.278. The lowest BCUT2D eigenvalue weighted by molar-refractivity contribution is 0.0952. The lowest BCUT2D eigenvalue weighted by atomic mass is 10.1. The summed E-state index contributed by atoms with van der Waals surface area (Å²) in [7, 11) is 1.84. The first-order chi connectivity index (χ1) is 11.0. The van der Waals surface area contributed by atoms with Gasteiger partial charge in [0.25, 0.3) is 5.91 Å². The number of carbonyl (C=O) groups excluding carboxylic acids is 1. The van der Waals surface area contributed by atoms with Crippen LogP contribution in [0.1, 0.15) is 32.9 Å². The first-order valence-corrected chi connectivity index (χ1v) is 7.60. The molecule has 2 aromatic heterocycles. The van der Waals surface area contributed by atoms with Crippen LogP contribution in [0.25, 0.3) is 11.0 Å². The molecule has 0 aliphatic rings. The Morgan fingerprint density at radius 3 is 2.57 bits per heavy atom. The standard InChI is InChI=1S/C18H20N4O/c1-11-5-7-14(8-6-11)10-19-18(23)15-9-12(2)20-17-16(15)13(3)21-22(17)4/h5-9H,10H2,1-4H3,(H,19,23). The van der Waals surface area contributed by atoms with Crippen molar-refractivity contribution in [1.29, 1.82) is 0 Å². The molecule has 0 spiro atoms. The zero-order chi connectivity index (χ0) is 16.6. The summed E-state index contributed by atoms with van der Waals surface area (Å²) in [5, 5.41) is 8.18. The van der Waals surface area contributed by atoms with Gasteiger partial charge in [-0.05, 0) is 32.4 Å². The molecule has 3 aromatic rings. The van der Waals surface area contributed by atoms with Crippen molar-refractivity contribution in [2.75, 3.05) is 0 Å². The summed E-state index contributed by atoms with van der Waals surface area (Å²) in [4.78, 5) is 17.1. The van der Waals surface area contributed by atoms with Crippen LogP contribution in [-0.4, -0.2) is 20.7 Å². The van der Waals surface area contributed by atoms with Crippen molar-refractivity contribution in [3.8, 4) is 0 Å². The Morgan fingerprint density at radius 2 is 1.87 bits per heavy atom. The maximum atomic E-state index is 12.6. The van der Waals surface area contributed by atoms with Crippen molar-refractivity contribution < 1.29 is 4.79 Å². The minimum atomic E-state index is -0.0998. The SMILES string of the molecule is Cc1ccc(CNC(=O)c2cc(C)nc3c2c(C)nn3C)cc1. The number of nitrogens with zero attached hydrogens (tertiary/aromatic N) is 3. The third kappa shape index (κ3) is 2.95. The Labute approximate surface area is 135 Å². The van der Waals surface area contributed by atoms with Gasteiger partial charge >= 0.3 is 0 Å². The fourth-order valence-corrected chi connectivity index (χ4v) is 2.73. The third-order valence-corrected chi connectivity index (χ3v) is 3.92. The molecule has 0 saturated carbocycles. The van der Waals surface area contributed by atoms with E-state index in [1.807, 2.05) is 58.2 Å². The normalized spacial score (nSPS) is 11.0. The highest BCUT2D eigenvalue weighted by Crippen LogP contribution is 2.21. The summed E-state index contributed by atoms with van der Waals surface area (Å²) in [6.07, 6.45) is 0. The summed E-state index contributed by atoms with van der Waals surface area (Å²) in [5.41, 5.74) is 5.27. The van der Waals surface area contributed by atoms with Crippen LogP contribution < -0.4 is 5.32 Å². The molecule has 0 radical (unpaired) electrons. The molecule has 5 heteroatoms. The predicted octanol–water partition coefficient (Wildman–Crippen LogP) is 2.82. The Bertz CT molecular complexity index is 878. The number of pyridine rings is 1. The van der Waals surface area contributed by atoms with E-state index in [0.717, 1.165) is 28.0 Å². The van der Waals surface area contributed by atoms with E-state index >= 15 is 0 Å². The largest absolute Gasteiger partial charge is 0.348 e. The van der Waals surface area contributed by atoms with Crippen LogP contribution in [-0.2, 0) is 13.6 Å². The molecular formula is C18H20N4O. The lowest BCUT2D eigenvalue weighted by Gasteiger charge is -2.08. The van der Waals surface area contributed by atoms with Crippen molar-refractivity contribution in [1.82, 2.24) is 20.1 Å². The number of fused-ring (bicyclic) bond motifs is 1. The van der Waals surface area contributed by atoms with Gasteiger partial charge in [0, 0.05) is 19.3 Å². The fourth-order valence-electron chi connectivity index (χ4n) is 2.73. The topological polar surface area (TPSA) is 59.8 Å². The number of rotatable bonds is 3. The van der Waals surface area contributed by atoms with Gasteiger partial charge in [0.15, 0.2) is 5.65 Å². The van der Waals surface area contributed by atoms with E-state index in [9.17, 15) is 4.79 Å². The molecule has 5 nitrogen and oxygen atoms in total. The second kappa shape index (κ2) is 5.83. The summed E-state index contributed by atoms with van der Waals surface area (Å²) in [6, 6.07) is 9.96. The first-order valence-electron chi connectivity index (χ1n) is 7.60. The summed E-state index contributed by atoms with van der Waals surface area (Å²) < 4.78 is 1.72. The Balaban J connectivity index is 1.90. The quantitative estimate of drug-likeness (QED) is 0.809. The average Bonchev–Trinajstić information content (AvgIpc) is 2.80. The monoisotopic (exact) mass is 308 g/mol. The Kier molecular flexibility index (Phi) is 3.86. The van der Waals surface area contributed by atoms with E-state index < -0.39 is 0 Å². The van der Waals surface area contributed by atoms with Gasteiger partial charge in [0.1, 0.15) is 0 Å². The first kappa shape index (κ1) is 15.2. The van der Waals surface area contributed by atoms with Gasteiger partial charge < -0.3 is 5.32 Å². The maximum Gasteiger partial charge on any atom is 0.252 e. The zero-order valence-electron chi connectivity index (χ0n) is 13.8. The highest BCUT2D eigenvalue weighted by Gasteiger charge is 2.17. The van der Waals surface area contributed by atoms with Gasteiger partial charge in [0.05, 0.1) is 16.6 Å². The molecule has 118 valence electrons. The number of benzene rings is 1. The van der Waals surface area contributed by atoms with Crippen LogP contribution in [0.3, 0.4) is 0 Å². The highest BCUT2D eigenvalue weighted by molar-refractivity contribution is 6.06. The lowest BCUT2D eigenvalue weighted by Crippen LogP contribution is -2.23. The van der Waals surface area contributed by atoms with Gasteiger partial charge in [-0.15, -0.1) is 0 Å². The van der Waals surface area contributed by atoms with Gasteiger partial charge in [-0.3, -0.25) is 9.48 Å². The zero-order valence-corrected chi connectivity index (χ0v) is 13.8. The molecule has 1 amide bonds. The van der Waals surface area contributed by atoms with E-state index in [0.29, 0.717) is 12.1 Å². The molecule has 2 heterocycles. The predicted molar refractivity (Wildman–Crippen MR) is 90.3 cm³/mol. The third-order valence-electron chi connectivity index (χ3n) is 3.92. The molecule has 0 bridgehead atoms. The molecule has 0 aliphatic carbocycles. The second-order valence-electron chi connectivity index (χ2n) is 5.89. The molecule has 0 fully saturated rings. The van der Waals surface area contributed by atoms with E-state index in [1.165, 1.54) is 5.56 Å². The van der Waals surface area contributed by atoms with Gasteiger partial charge in [0.2, 0.25) is 0 Å². The van der Waals surface area contributed by atoms with Crippen LogP contribution in [0.15, 0.2) is 30.3 Å². The van der Waals surface area contributed by atoms with Crippen LogP contribution in [0.4, 0.5) is 0 Å². The van der Waals surface area contributed by atoms with Gasteiger partial charge in [-0.2, -0.15) is 5.10 Å². The summed E-state index contributed by atoms with van der Waals surface area (Å²) in [5.74, 6) is -0.0998. The van der Waals surface area contributed by atoms with E-state index in [-0.39, 0.29) is 5.91 Å². The van der Waals surface area contributed by atoms with Crippen LogP contribution in [0, 0.1) is 20.8 Å². The molecule has 1 N–H and O–H groups in total. The molecule has 0 unspecified atom stereocenters. The van der Waals surface area contributed by atoms with E-state index in [4.69, 9.17) is 0 Å². The van der Waals surface area contributed by atoms with E-state index in [1.54, 1.807) is 4.68 Å². The molecule has 1 aromatic carbocycles. The van der Waals surface area contributed by atoms with E-state index in [2.05, 4.69) is 15.4 Å². The van der Waals surface area contributed by atoms with Crippen LogP contribution in [0.5, 0.6) is 0 Å². The molecular weight excluding hydrogens is 288 g/mol. The summed E-state index contributed by atoms with van der Waals surface area (Å²) in [6.45, 7) is 6.33. The molecule has 23 heavy (non-hydrogen) atoms. The molecule has 0 saturated heterocycles. The number of hydrogen-bond acceptors (Lipinski definition) is 3. The minimum Gasteiger partial charge on any atom is -0.348 e. The summed E-state index contributed by atoms with van der Waals surface area (Å²) >= 11 is 0. The smallest absolute Gasteiger partial charge is 0.252 e. The van der Waals surface area contributed by atoms with Crippen molar-refractivity contribution in [3.05, 3.63) is 58.4 Å². The van der Waals surface area contributed by atoms with Crippen molar-refractivity contribution in [2.24, 2.45) is 7.05 Å². The number of aromatic nitrogens is 3. The van der Waals surface area contributed by atoms with Gasteiger partial charge in [-0.1, -0.05) is 29.8 Å². The molecule has 0 atom stereocenters. The van der Waals surface area contributed by atoms with Crippen molar-refractivity contribution in [2.45, 2.75) is 27.3 Å². The maximum absolute atomic E-state index is 12.6. The second-order valence-corrected chi connectivity index (χ2v) is 5.89. The number of hydrogen-bond donors (Lipinski definition) is 1.